The predicted octanol–water partition coefficient (Wildman–Crippen LogP) is 0.911. The van der Waals surface area contributed by atoms with E-state index in [2.05, 4.69) is 44.3 Å². The summed E-state index contributed by atoms with van der Waals surface area (Å²) in [6.45, 7) is 14.0. The van der Waals surface area contributed by atoms with E-state index in [1.54, 1.807) is 0 Å². The van der Waals surface area contributed by atoms with E-state index in [0.29, 0.717) is 0 Å². The van der Waals surface area contributed by atoms with Crippen molar-refractivity contribution < 1.29 is 0 Å². The average Bonchev–Trinajstić information content (AvgIpc) is 2.83. The Morgan fingerprint density at radius 1 is 0.920 bits per heavy atom. The number of guanidine groups is 1. The Morgan fingerprint density at radius 3 is 2.40 bits per heavy atom. The van der Waals surface area contributed by atoms with Gasteiger partial charge in [0.15, 0.2) is 5.96 Å². The minimum atomic E-state index is 0.919. The van der Waals surface area contributed by atoms with Crippen molar-refractivity contribution in [2.45, 2.75) is 32.6 Å². The number of aliphatic imine (C=N–C) groups is 1. The summed E-state index contributed by atoms with van der Waals surface area (Å²) >= 11 is 0. The van der Waals surface area contributed by atoms with Crippen LogP contribution in [-0.4, -0.2) is 100 Å². The molecule has 2 aliphatic rings. The third kappa shape index (κ3) is 8.38. The molecule has 2 N–H and O–H groups in total. The Hall–Kier alpha value is -0.850. The summed E-state index contributed by atoms with van der Waals surface area (Å²) in [6, 6.07) is 0. The second-order valence-corrected chi connectivity index (χ2v) is 7.80. The fourth-order valence-corrected chi connectivity index (χ4v) is 3.67. The molecule has 2 heterocycles. The molecule has 0 bridgehead atoms. The molecule has 2 saturated heterocycles. The normalized spacial score (nSPS) is 22.8. The topological polar surface area (TPSA) is 46.1 Å². The summed E-state index contributed by atoms with van der Waals surface area (Å²) in [5, 5.41) is 6.92. The summed E-state index contributed by atoms with van der Waals surface area (Å²) in [4.78, 5) is 11.9. The van der Waals surface area contributed by atoms with Gasteiger partial charge in [0.2, 0.25) is 0 Å². The van der Waals surface area contributed by atoms with E-state index < -0.39 is 0 Å². The van der Waals surface area contributed by atoms with Crippen molar-refractivity contribution in [3.63, 3.8) is 0 Å². The number of likely N-dealkylation sites (N-methyl/N-ethyl adjacent to an activating group) is 1. The van der Waals surface area contributed by atoms with Crippen molar-refractivity contribution in [2.75, 3.05) is 79.5 Å². The number of likely N-dealkylation sites (tertiary alicyclic amines) is 1. The lowest BCUT2D eigenvalue weighted by Gasteiger charge is -2.30. The van der Waals surface area contributed by atoms with Gasteiger partial charge < -0.3 is 25.3 Å². The highest BCUT2D eigenvalue weighted by atomic mass is 15.2. The third-order valence-electron chi connectivity index (χ3n) is 5.58. The summed E-state index contributed by atoms with van der Waals surface area (Å²) in [6.07, 6.45) is 5.19. The van der Waals surface area contributed by atoms with Gasteiger partial charge in [0.1, 0.15) is 0 Å². The molecule has 0 saturated carbocycles. The zero-order valence-electron chi connectivity index (χ0n) is 16.8. The van der Waals surface area contributed by atoms with Gasteiger partial charge in [-0.25, -0.2) is 0 Å². The Kier molecular flexibility index (Phi) is 9.58. The molecular formula is C19H40N6. The maximum Gasteiger partial charge on any atom is 0.191 e. The molecule has 0 atom stereocenters. The number of hydrogen-bond donors (Lipinski definition) is 2. The van der Waals surface area contributed by atoms with Crippen LogP contribution in [0.3, 0.4) is 0 Å². The van der Waals surface area contributed by atoms with Gasteiger partial charge in [-0.1, -0.05) is 6.92 Å². The average molecular weight is 353 g/mol. The molecule has 0 radical (unpaired) electrons. The summed E-state index contributed by atoms with van der Waals surface area (Å²) < 4.78 is 0. The maximum absolute atomic E-state index is 4.35. The van der Waals surface area contributed by atoms with Gasteiger partial charge >= 0.3 is 0 Å². The molecule has 0 spiro atoms. The van der Waals surface area contributed by atoms with Crippen LogP contribution in [0.25, 0.3) is 0 Å². The van der Waals surface area contributed by atoms with E-state index in [9.17, 15) is 0 Å². The van der Waals surface area contributed by atoms with Gasteiger partial charge in [-0.3, -0.25) is 4.99 Å². The molecular weight excluding hydrogens is 312 g/mol. The van der Waals surface area contributed by atoms with E-state index in [1.807, 2.05) is 7.05 Å². The Morgan fingerprint density at radius 2 is 1.64 bits per heavy atom. The molecule has 25 heavy (non-hydrogen) atoms. The van der Waals surface area contributed by atoms with Crippen molar-refractivity contribution in [1.29, 1.82) is 0 Å². The van der Waals surface area contributed by atoms with Crippen LogP contribution in [0.1, 0.15) is 32.6 Å². The smallest absolute Gasteiger partial charge is 0.191 e. The van der Waals surface area contributed by atoms with Crippen LogP contribution in [0.5, 0.6) is 0 Å². The Balaban J connectivity index is 1.51. The van der Waals surface area contributed by atoms with E-state index in [4.69, 9.17) is 0 Å². The van der Waals surface area contributed by atoms with Crippen LogP contribution in [0.15, 0.2) is 4.99 Å². The summed E-state index contributed by atoms with van der Waals surface area (Å²) in [5.74, 6) is 1.86. The summed E-state index contributed by atoms with van der Waals surface area (Å²) in [5.41, 5.74) is 0. The minimum absolute atomic E-state index is 0.919. The second-order valence-electron chi connectivity index (χ2n) is 7.80. The summed E-state index contributed by atoms with van der Waals surface area (Å²) in [7, 11) is 4.08. The standard InChI is InChI=1S/C19H40N6/c1-18-6-13-24(14-7-18)11-4-8-21-19(20-2)22-9-15-25-12-5-10-23(3)16-17-25/h18H,4-17H2,1-3H3,(H2,20,21,22). The first-order chi connectivity index (χ1) is 12.2. The number of piperidine rings is 1. The number of nitrogens with zero attached hydrogens (tertiary/aromatic N) is 4. The van der Waals surface area contributed by atoms with Crippen molar-refractivity contribution in [3.05, 3.63) is 0 Å². The first kappa shape index (κ1) is 20.5. The van der Waals surface area contributed by atoms with Crippen LogP contribution in [0.4, 0.5) is 0 Å². The third-order valence-corrected chi connectivity index (χ3v) is 5.58. The van der Waals surface area contributed by atoms with E-state index >= 15 is 0 Å². The van der Waals surface area contributed by atoms with Gasteiger partial charge in [-0.05, 0) is 71.4 Å². The van der Waals surface area contributed by atoms with Crippen LogP contribution in [0, 0.1) is 5.92 Å². The Labute approximate surface area is 155 Å². The van der Waals surface area contributed by atoms with E-state index in [0.717, 1.165) is 31.5 Å². The maximum atomic E-state index is 4.35. The lowest BCUT2D eigenvalue weighted by molar-refractivity contribution is 0.191. The van der Waals surface area contributed by atoms with Crippen LogP contribution in [-0.2, 0) is 0 Å². The van der Waals surface area contributed by atoms with Crippen LogP contribution < -0.4 is 10.6 Å². The molecule has 0 aliphatic carbocycles. The molecule has 0 aromatic heterocycles. The van der Waals surface area contributed by atoms with Gasteiger partial charge in [0.25, 0.3) is 0 Å². The fraction of sp³-hybridized carbons (Fsp3) is 0.947. The zero-order chi connectivity index (χ0) is 17.9. The van der Waals surface area contributed by atoms with Crippen molar-refractivity contribution in [1.82, 2.24) is 25.3 Å². The molecule has 2 fully saturated rings. The predicted molar refractivity (Wildman–Crippen MR) is 107 cm³/mol. The van der Waals surface area contributed by atoms with Gasteiger partial charge in [-0.2, -0.15) is 0 Å². The van der Waals surface area contributed by atoms with E-state index in [-0.39, 0.29) is 0 Å². The molecule has 6 heteroatoms. The highest BCUT2D eigenvalue weighted by molar-refractivity contribution is 5.79. The second kappa shape index (κ2) is 11.7. The fourth-order valence-electron chi connectivity index (χ4n) is 3.67. The SMILES string of the molecule is CN=C(NCCCN1CCC(C)CC1)NCCN1CCCN(C)CC1. The quantitative estimate of drug-likeness (QED) is 0.405. The van der Waals surface area contributed by atoms with E-state index in [1.165, 1.54) is 71.5 Å². The largest absolute Gasteiger partial charge is 0.356 e. The van der Waals surface area contributed by atoms with Gasteiger partial charge in [0.05, 0.1) is 0 Å². The molecule has 0 amide bonds. The molecule has 6 nitrogen and oxygen atoms in total. The first-order valence-electron chi connectivity index (χ1n) is 10.2. The van der Waals surface area contributed by atoms with Gasteiger partial charge in [-0.15, -0.1) is 0 Å². The Bertz CT molecular complexity index is 378. The molecule has 146 valence electrons. The molecule has 0 aromatic rings. The molecule has 2 rings (SSSR count). The highest BCUT2D eigenvalue weighted by Crippen LogP contribution is 2.15. The van der Waals surface area contributed by atoms with Crippen molar-refractivity contribution in [3.8, 4) is 0 Å². The number of nitrogens with one attached hydrogen (secondary N) is 2. The zero-order valence-corrected chi connectivity index (χ0v) is 16.8. The van der Waals surface area contributed by atoms with Gasteiger partial charge in [0, 0.05) is 39.8 Å². The van der Waals surface area contributed by atoms with Crippen LogP contribution >= 0.6 is 0 Å². The highest BCUT2D eigenvalue weighted by Gasteiger charge is 2.15. The lowest BCUT2D eigenvalue weighted by Crippen LogP contribution is -2.43. The monoisotopic (exact) mass is 352 g/mol. The molecule has 2 aliphatic heterocycles. The van der Waals surface area contributed by atoms with Crippen molar-refractivity contribution in [2.24, 2.45) is 10.9 Å². The first-order valence-corrected chi connectivity index (χ1v) is 10.2. The minimum Gasteiger partial charge on any atom is -0.356 e. The van der Waals surface area contributed by atoms with Crippen molar-refractivity contribution >= 4 is 5.96 Å². The molecule has 0 unspecified atom stereocenters. The number of rotatable bonds is 7. The lowest BCUT2D eigenvalue weighted by atomic mass is 9.99. The molecule has 0 aromatic carbocycles. The number of hydrogen-bond acceptors (Lipinski definition) is 4. The van der Waals surface area contributed by atoms with Crippen LogP contribution in [0.2, 0.25) is 0 Å².